The number of hydrogen-bond donors (Lipinski definition) is 1. The second kappa shape index (κ2) is 13.1. The van der Waals surface area contributed by atoms with Crippen LogP contribution in [0.5, 0.6) is 17.2 Å². The fraction of sp³-hybridized carbons (Fsp3) is 0.379. The molecule has 4 rings (SSSR count). The van der Waals surface area contributed by atoms with Crippen LogP contribution in [0.15, 0.2) is 67.0 Å². The van der Waals surface area contributed by atoms with Gasteiger partial charge in [-0.05, 0) is 48.4 Å². The summed E-state index contributed by atoms with van der Waals surface area (Å²) in [7, 11) is 3.12. The van der Waals surface area contributed by atoms with Gasteiger partial charge in [0.05, 0.1) is 20.8 Å². The van der Waals surface area contributed by atoms with Crippen molar-refractivity contribution >= 4 is 5.91 Å². The molecule has 1 atom stereocenters. The molecule has 1 fully saturated rings. The maximum Gasteiger partial charge on any atom is 0.251 e. The average Bonchev–Trinajstić information content (AvgIpc) is 2.94. The van der Waals surface area contributed by atoms with Crippen molar-refractivity contribution < 1.29 is 19.0 Å². The number of carbonyl (C=O) groups excluding carboxylic acids is 1. The molecule has 0 bridgehead atoms. The standard InChI is InChI=1S/C29H36N4O4/c1-22(18-31-29(34)25-15-27(35-2)17-28(16-25)36-3)37-26-8-6-23(7-9-26)20-32-11-13-33(14-12-32)21-24-5-4-10-30-19-24/h4-10,15-17,19,22H,11-14,18,20-21H2,1-3H3,(H,31,34). The number of methoxy groups -OCH3 is 2. The number of ether oxygens (including phenoxy) is 3. The predicted molar refractivity (Wildman–Crippen MR) is 143 cm³/mol. The average molecular weight is 505 g/mol. The second-order valence-corrected chi connectivity index (χ2v) is 9.30. The molecule has 0 radical (unpaired) electrons. The van der Waals surface area contributed by atoms with Crippen molar-refractivity contribution in [1.29, 1.82) is 0 Å². The predicted octanol–water partition coefficient (Wildman–Crippen LogP) is 3.61. The highest BCUT2D eigenvalue weighted by atomic mass is 16.5. The number of nitrogens with one attached hydrogen (secondary N) is 1. The van der Waals surface area contributed by atoms with Gasteiger partial charge in [-0.25, -0.2) is 0 Å². The third-order valence-corrected chi connectivity index (χ3v) is 6.42. The van der Waals surface area contributed by atoms with Gasteiger partial charge in [0.2, 0.25) is 0 Å². The van der Waals surface area contributed by atoms with Crippen LogP contribution in [-0.4, -0.2) is 73.7 Å². The van der Waals surface area contributed by atoms with Crippen LogP contribution < -0.4 is 19.5 Å². The molecule has 1 saturated heterocycles. The Morgan fingerprint density at radius 3 is 2.08 bits per heavy atom. The molecule has 196 valence electrons. The second-order valence-electron chi connectivity index (χ2n) is 9.30. The van der Waals surface area contributed by atoms with Crippen LogP contribution in [-0.2, 0) is 13.1 Å². The van der Waals surface area contributed by atoms with Gasteiger partial charge in [-0.2, -0.15) is 0 Å². The Morgan fingerprint density at radius 1 is 0.892 bits per heavy atom. The summed E-state index contributed by atoms with van der Waals surface area (Å²) in [4.78, 5) is 21.8. The highest BCUT2D eigenvalue weighted by molar-refractivity contribution is 5.95. The molecule has 37 heavy (non-hydrogen) atoms. The van der Waals surface area contributed by atoms with Gasteiger partial charge in [0.1, 0.15) is 23.4 Å². The SMILES string of the molecule is COc1cc(OC)cc(C(=O)NCC(C)Oc2ccc(CN3CCN(Cc4cccnc4)CC3)cc2)c1. The molecule has 1 aliphatic rings. The zero-order chi connectivity index (χ0) is 26.0. The van der Waals surface area contributed by atoms with Gasteiger partial charge in [0, 0.05) is 63.3 Å². The van der Waals surface area contributed by atoms with E-state index in [1.807, 2.05) is 37.5 Å². The third kappa shape index (κ3) is 7.93. The number of carbonyl (C=O) groups is 1. The Balaban J connectivity index is 1.19. The molecule has 1 aliphatic heterocycles. The van der Waals surface area contributed by atoms with Gasteiger partial charge in [0.25, 0.3) is 5.91 Å². The first-order chi connectivity index (χ1) is 18.0. The summed E-state index contributed by atoms with van der Waals surface area (Å²) >= 11 is 0. The minimum Gasteiger partial charge on any atom is -0.497 e. The molecule has 8 heteroatoms. The summed E-state index contributed by atoms with van der Waals surface area (Å²) in [6, 6.07) is 17.5. The molecule has 1 aromatic heterocycles. The Hall–Kier alpha value is -3.62. The van der Waals surface area contributed by atoms with Crippen LogP contribution >= 0.6 is 0 Å². The first-order valence-corrected chi connectivity index (χ1v) is 12.6. The van der Waals surface area contributed by atoms with Crippen molar-refractivity contribution in [2.75, 3.05) is 46.9 Å². The third-order valence-electron chi connectivity index (χ3n) is 6.42. The molecule has 8 nitrogen and oxygen atoms in total. The molecule has 1 N–H and O–H groups in total. The Morgan fingerprint density at radius 2 is 1.51 bits per heavy atom. The van der Waals surface area contributed by atoms with Crippen molar-refractivity contribution in [3.63, 3.8) is 0 Å². The van der Waals surface area contributed by atoms with E-state index < -0.39 is 0 Å². The van der Waals surface area contributed by atoms with Crippen LogP contribution in [0.2, 0.25) is 0 Å². The summed E-state index contributed by atoms with van der Waals surface area (Å²) in [6.45, 7) is 8.41. The van der Waals surface area contributed by atoms with Crippen molar-refractivity contribution in [3.8, 4) is 17.2 Å². The van der Waals surface area contributed by atoms with E-state index in [2.05, 4.69) is 38.3 Å². The minimum absolute atomic E-state index is 0.185. The highest BCUT2D eigenvalue weighted by Crippen LogP contribution is 2.22. The summed E-state index contributed by atoms with van der Waals surface area (Å²) in [6.07, 6.45) is 3.58. The molecule has 1 unspecified atom stereocenters. The lowest BCUT2D eigenvalue weighted by molar-refractivity contribution is 0.0931. The van der Waals surface area contributed by atoms with Gasteiger partial charge in [-0.1, -0.05) is 18.2 Å². The quantitative estimate of drug-likeness (QED) is 0.428. The van der Waals surface area contributed by atoms with E-state index in [1.54, 1.807) is 32.4 Å². The summed E-state index contributed by atoms with van der Waals surface area (Å²) in [5.41, 5.74) is 3.01. The van der Waals surface area contributed by atoms with Crippen molar-refractivity contribution in [2.24, 2.45) is 0 Å². The number of pyridine rings is 1. The molecule has 3 aromatic rings. The van der Waals surface area contributed by atoms with Gasteiger partial charge in [-0.15, -0.1) is 0 Å². The van der Waals surface area contributed by atoms with Gasteiger partial charge in [-0.3, -0.25) is 19.6 Å². The molecular weight excluding hydrogens is 468 g/mol. The van der Waals surface area contributed by atoms with E-state index in [9.17, 15) is 4.79 Å². The van der Waals surface area contributed by atoms with Crippen LogP contribution in [0, 0.1) is 0 Å². The lowest BCUT2D eigenvalue weighted by Crippen LogP contribution is -2.45. The number of hydrogen-bond acceptors (Lipinski definition) is 7. The van der Waals surface area contributed by atoms with Gasteiger partial charge in [0.15, 0.2) is 0 Å². The van der Waals surface area contributed by atoms with Crippen molar-refractivity contribution in [3.05, 3.63) is 83.7 Å². The molecular formula is C29H36N4O4. The zero-order valence-corrected chi connectivity index (χ0v) is 21.9. The zero-order valence-electron chi connectivity index (χ0n) is 21.9. The van der Waals surface area contributed by atoms with E-state index in [-0.39, 0.29) is 12.0 Å². The lowest BCUT2D eigenvalue weighted by Gasteiger charge is -2.34. The first kappa shape index (κ1) is 26.4. The largest absolute Gasteiger partial charge is 0.497 e. The fourth-order valence-corrected chi connectivity index (χ4v) is 4.34. The van der Waals surface area contributed by atoms with Crippen molar-refractivity contribution in [1.82, 2.24) is 20.1 Å². The molecule has 0 aliphatic carbocycles. The van der Waals surface area contributed by atoms with Crippen LogP contribution in [0.25, 0.3) is 0 Å². The van der Waals surface area contributed by atoms with E-state index in [0.29, 0.717) is 23.6 Å². The first-order valence-electron chi connectivity index (χ1n) is 12.6. The van der Waals surface area contributed by atoms with Crippen LogP contribution in [0.4, 0.5) is 0 Å². The van der Waals surface area contributed by atoms with E-state index in [4.69, 9.17) is 14.2 Å². The molecule has 0 spiro atoms. The van der Waals surface area contributed by atoms with Gasteiger partial charge < -0.3 is 19.5 Å². The number of rotatable bonds is 11. The number of amides is 1. The maximum absolute atomic E-state index is 12.6. The van der Waals surface area contributed by atoms with Crippen LogP contribution in [0.3, 0.4) is 0 Å². The Bertz CT molecular complexity index is 1110. The topological polar surface area (TPSA) is 76.2 Å². The maximum atomic E-state index is 12.6. The smallest absolute Gasteiger partial charge is 0.251 e. The van der Waals surface area contributed by atoms with E-state index >= 15 is 0 Å². The Labute approximate surface area is 219 Å². The molecule has 2 heterocycles. The summed E-state index contributed by atoms with van der Waals surface area (Å²) in [5.74, 6) is 1.72. The highest BCUT2D eigenvalue weighted by Gasteiger charge is 2.17. The van der Waals surface area contributed by atoms with Crippen LogP contribution in [0.1, 0.15) is 28.4 Å². The number of nitrogens with zero attached hydrogens (tertiary/aromatic N) is 3. The normalized spacial score (nSPS) is 15.1. The fourth-order valence-electron chi connectivity index (χ4n) is 4.34. The van der Waals surface area contributed by atoms with Gasteiger partial charge >= 0.3 is 0 Å². The monoisotopic (exact) mass is 504 g/mol. The van der Waals surface area contributed by atoms with E-state index in [0.717, 1.165) is 45.0 Å². The number of piperazine rings is 1. The molecule has 0 saturated carbocycles. The summed E-state index contributed by atoms with van der Waals surface area (Å²) in [5, 5.41) is 2.92. The number of benzene rings is 2. The summed E-state index contributed by atoms with van der Waals surface area (Å²) < 4.78 is 16.5. The van der Waals surface area contributed by atoms with Crippen molar-refractivity contribution in [2.45, 2.75) is 26.1 Å². The minimum atomic E-state index is -0.205. The molecule has 2 aromatic carbocycles. The number of aromatic nitrogens is 1. The Kier molecular flexibility index (Phi) is 9.35. The van der Waals surface area contributed by atoms with E-state index in [1.165, 1.54) is 11.1 Å². The lowest BCUT2D eigenvalue weighted by atomic mass is 10.1. The molecule has 1 amide bonds.